The van der Waals surface area contributed by atoms with Crippen LogP contribution in [0.2, 0.25) is 0 Å². The monoisotopic (exact) mass is 529 g/mol. The third kappa shape index (κ3) is 7.45. The Morgan fingerprint density at radius 3 is 2.58 bits per heavy atom. The van der Waals surface area contributed by atoms with E-state index in [1.54, 1.807) is 4.90 Å². The predicted octanol–water partition coefficient (Wildman–Crippen LogP) is 5.56. The molecule has 7 heteroatoms. The average Bonchev–Trinajstić information content (AvgIpc) is 2.80. The van der Waals surface area contributed by atoms with Gasteiger partial charge in [-0.25, -0.2) is 0 Å². The summed E-state index contributed by atoms with van der Waals surface area (Å²) in [5.41, 5.74) is 1.72. The van der Waals surface area contributed by atoms with E-state index >= 15 is 0 Å². The van der Waals surface area contributed by atoms with Gasteiger partial charge in [-0.15, -0.1) is 0 Å². The second kappa shape index (κ2) is 13.0. The molecule has 0 bridgehead atoms. The van der Waals surface area contributed by atoms with Crippen molar-refractivity contribution in [2.45, 2.75) is 38.0 Å². The third-order valence-corrected chi connectivity index (χ3v) is 6.90. The molecule has 1 N–H and O–H groups in total. The first-order valence-electron chi connectivity index (χ1n) is 11.6. The van der Waals surface area contributed by atoms with Crippen molar-refractivity contribution in [1.82, 2.24) is 10.2 Å². The number of rotatable bonds is 11. The second-order valence-electron chi connectivity index (χ2n) is 8.07. The van der Waals surface area contributed by atoms with Crippen LogP contribution in [-0.2, 0) is 9.59 Å². The first-order chi connectivity index (χ1) is 16.0. The van der Waals surface area contributed by atoms with Crippen molar-refractivity contribution >= 4 is 51.3 Å². The number of thioether (sulfide) groups is 1. The number of carbonyl (C=O) groups is 2. The molecule has 0 unspecified atom stereocenters. The smallest absolute Gasteiger partial charge is 0.265 e. The van der Waals surface area contributed by atoms with Crippen LogP contribution < -0.4 is 10.2 Å². The normalized spacial score (nSPS) is 14.6. The predicted molar refractivity (Wildman–Crippen MR) is 141 cm³/mol. The van der Waals surface area contributed by atoms with Gasteiger partial charge in [-0.3, -0.25) is 14.5 Å². The molecule has 0 saturated heterocycles. The molecular weight excluding hydrogens is 498 g/mol. The fourth-order valence-electron chi connectivity index (χ4n) is 3.86. The summed E-state index contributed by atoms with van der Waals surface area (Å²) in [6.45, 7) is 8.16. The Hall–Kier alpha value is -2.09. The minimum absolute atomic E-state index is 0.0138. The summed E-state index contributed by atoms with van der Waals surface area (Å²) in [6.07, 6.45) is 5.06. The molecule has 0 spiro atoms. The van der Waals surface area contributed by atoms with E-state index in [2.05, 4.69) is 40.0 Å². The van der Waals surface area contributed by atoms with Crippen molar-refractivity contribution < 1.29 is 9.59 Å². The number of nitrogens with one attached hydrogen (secondary N) is 1. The summed E-state index contributed by atoms with van der Waals surface area (Å²) in [5.74, 6) is -0.282. The number of hydrogen-bond donors (Lipinski definition) is 1. The SMILES string of the molecule is CCCN(CCC)CCCNC(=O)CN1C(=O)/C(=C\c2cccc(Br)c2)Sc2ccccc21. The van der Waals surface area contributed by atoms with Crippen LogP contribution in [0.15, 0.2) is 62.8 Å². The quantitative estimate of drug-likeness (QED) is 0.306. The molecule has 1 aliphatic rings. The topological polar surface area (TPSA) is 52.7 Å². The average molecular weight is 531 g/mol. The molecule has 0 aliphatic carbocycles. The van der Waals surface area contributed by atoms with Gasteiger partial charge < -0.3 is 10.2 Å². The van der Waals surface area contributed by atoms with Crippen LogP contribution in [0.1, 0.15) is 38.7 Å². The largest absolute Gasteiger partial charge is 0.355 e. The summed E-state index contributed by atoms with van der Waals surface area (Å²) >= 11 is 4.93. The lowest BCUT2D eigenvalue weighted by molar-refractivity contribution is -0.122. The van der Waals surface area contributed by atoms with E-state index in [1.807, 2.05) is 54.6 Å². The van der Waals surface area contributed by atoms with Gasteiger partial charge >= 0.3 is 0 Å². The van der Waals surface area contributed by atoms with Crippen molar-refractivity contribution in [3.8, 4) is 0 Å². The lowest BCUT2D eigenvalue weighted by Crippen LogP contribution is -2.43. The lowest BCUT2D eigenvalue weighted by atomic mass is 10.2. The highest BCUT2D eigenvalue weighted by Crippen LogP contribution is 2.41. The maximum absolute atomic E-state index is 13.3. The van der Waals surface area contributed by atoms with Gasteiger partial charge in [0.05, 0.1) is 10.6 Å². The second-order valence-corrected chi connectivity index (χ2v) is 10.1. The number of nitrogens with zero attached hydrogens (tertiary/aromatic N) is 2. The summed E-state index contributed by atoms with van der Waals surface area (Å²) in [7, 11) is 0. The van der Waals surface area contributed by atoms with Gasteiger partial charge in [0.2, 0.25) is 5.91 Å². The molecule has 0 saturated carbocycles. The van der Waals surface area contributed by atoms with Crippen molar-refractivity contribution in [3.63, 3.8) is 0 Å². The Balaban J connectivity index is 1.65. The van der Waals surface area contributed by atoms with E-state index in [0.717, 1.165) is 59.5 Å². The zero-order valence-electron chi connectivity index (χ0n) is 19.4. The van der Waals surface area contributed by atoms with E-state index in [4.69, 9.17) is 0 Å². The fraction of sp³-hybridized carbons (Fsp3) is 0.385. The third-order valence-electron chi connectivity index (χ3n) is 5.33. The molecule has 2 aromatic rings. The summed E-state index contributed by atoms with van der Waals surface area (Å²) < 4.78 is 0.957. The maximum atomic E-state index is 13.3. The van der Waals surface area contributed by atoms with Gasteiger partial charge in [0.25, 0.3) is 5.91 Å². The van der Waals surface area contributed by atoms with Crippen molar-refractivity contribution in [2.24, 2.45) is 0 Å². The Kier molecular flexibility index (Phi) is 10.0. The van der Waals surface area contributed by atoms with Crippen LogP contribution in [0.3, 0.4) is 0 Å². The van der Waals surface area contributed by atoms with Gasteiger partial charge in [0.15, 0.2) is 0 Å². The van der Waals surface area contributed by atoms with E-state index in [1.165, 1.54) is 11.8 Å². The number of anilines is 1. The van der Waals surface area contributed by atoms with Gasteiger partial charge in [0.1, 0.15) is 6.54 Å². The molecule has 3 rings (SSSR count). The fourth-order valence-corrected chi connectivity index (χ4v) is 5.34. The maximum Gasteiger partial charge on any atom is 0.265 e. The molecule has 1 aliphatic heterocycles. The number of hydrogen-bond acceptors (Lipinski definition) is 4. The molecule has 176 valence electrons. The Morgan fingerprint density at radius 1 is 1.09 bits per heavy atom. The van der Waals surface area contributed by atoms with E-state index < -0.39 is 0 Å². The number of carbonyl (C=O) groups excluding carboxylic acids is 2. The van der Waals surface area contributed by atoms with Crippen LogP contribution in [-0.4, -0.2) is 49.4 Å². The number of halogens is 1. The first kappa shape index (κ1) is 25.5. The van der Waals surface area contributed by atoms with E-state index in [0.29, 0.717) is 11.4 Å². The minimum atomic E-state index is -0.147. The molecule has 0 aromatic heterocycles. The van der Waals surface area contributed by atoms with Gasteiger partial charge in [-0.05, 0) is 74.8 Å². The van der Waals surface area contributed by atoms with E-state index in [9.17, 15) is 9.59 Å². The highest BCUT2D eigenvalue weighted by Gasteiger charge is 2.30. The molecule has 5 nitrogen and oxygen atoms in total. The van der Waals surface area contributed by atoms with Gasteiger partial charge in [-0.2, -0.15) is 0 Å². The van der Waals surface area contributed by atoms with Crippen LogP contribution >= 0.6 is 27.7 Å². The summed E-state index contributed by atoms with van der Waals surface area (Å²) in [6, 6.07) is 15.6. The molecule has 0 fully saturated rings. The summed E-state index contributed by atoms with van der Waals surface area (Å²) in [4.78, 5) is 31.6. The standard InChI is InChI=1S/C26H32BrN3O2S/c1-3-14-29(15-4-2)16-8-13-28-25(31)19-30-22-11-5-6-12-23(22)33-24(26(30)32)18-20-9-7-10-21(27)17-20/h5-7,9-12,17-18H,3-4,8,13-16,19H2,1-2H3,(H,28,31)/b24-18+. The van der Waals surface area contributed by atoms with Crippen LogP contribution in [0.4, 0.5) is 5.69 Å². The highest BCUT2D eigenvalue weighted by molar-refractivity contribution is 9.10. The van der Waals surface area contributed by atoms with Gasteiger partial charge in [-0.1, -0.05) is 65.8 Å². The minimum Gasteiger partial charge on any atom is -0.355 e. The first-order valence-corrected chi connectivity index (χ1v) is 13.2. The van der Waals surface area contributed by atoms with E-state index in [-0.39, 0.29) is 18.4 Å². The number of fused-ring (bicyclic) bond motifs is 1. The lowest BCUT2D eigenvalue weighted by Gasteiger charge is -2.30. The molecule has 0 atom stereocenters. The molecule has 1 heterocycles. The zero-order valence-corrected chi connectivity index (χ0v) is 21.8. The Bertz CT molecular complexity index is 989. The molecule has 33 heavy (non-hydrogen) atoms. The Morgan fingerprint density at radius 2 is 1.85 bits per heavy atom. The van der Waals surface area contributed by atoms with Crippen LogP contribution in [0, 0.1) is 0 Å². The van der Waals surface area contributed by atoms with Crippen LogP contribution in [0.25, 0.3) is 6.08 Å². The molecule has 0 radical (unpaired) electrons. The molecule has 2 aromatic carbocycles. The number of para-hydroxylation sites is 1. The van der Waals surface area contributed by atoms with Crippen LogP contribution in [0.5, 0.6) is 0 Å². The van der Waals surface area contributed by atoms with Crippen molar-refractivity contribution in [3.05, 3.63) is 63.5 Å². The van der Waals surface area contributed by atoms with Crippen molar-refractivity contribution in [2.75, 3.05) is 37.6 Å². The Labute approximate surface area is 209 Å². The zero-order chi connectivity index (χ0) is 23.6. The van der Waals surface area contributed by atoms with Gasteiger partial charge in [0, 0.05) is 15.9 Å². The number of benzene rings is 2. The summed E-state index contributed by atoms with van der Waals surface area (Å²) in [5, 5.41) is 3.00. The van der Waals surface area contributed by atoms with Crippen molar-refractivity contribution in [1.29, 1.82) is 0 Å². The number of amides is 2. The molecular formula is C26H32BrN3O2S. The molecule has 2 amide bonds. The highest BCUT2D eigenvalue weighted by atomic mass is 79.9.